The molecule has 1 aliphatic rings. The summed E-state index contributed by atoms with van der Waals surface area (Å²) in [5.74, 6) is -0.459. The second kappa shape index (κ2) is 10.4. The van der Waals surface area contributed by atoms with Gasteiger partial charge in [-0.1, -0.05) is 48.0 Å². The number of amides is 1. The molecule has 0 spiro atoms. The summed E-state index contributed by atoms with van der Waals surface area (Å²) in [6.45, 7) is 7.58. The van der Waals surface area contributed by atoms with E-state index in [4.69, 9.17) is 8.92 Å². The second-order valence-electron chi connectivity index (χ2n) is 9.98. The van der Waals surface area contributed by atoms with Gasteiger partial charge in [-0.3, -0.25) is 4.18 Å². The van der Waals surface area contributed by atoms with Crippen LogP contribution in [-0.2, 0) is 19.0 Å². The molecule has 186 valence electrons. The van der Waals surface area contributed by atoms with Crippen molar-refractivity contribution in [2.75, 3.05) is 19.7 Å². The highest BCUT2D eigenvalue weighted by molar-refractivity contribution is 7.86. The maximum absolute atomic E-state index is 15.9. The fourth-order valence-electron chi connectivity index (χ4n) is 4.01. The van der Waals surface area contributed by atoms with Crippen LogP contribution in [0.4, 0.5) is 9.18 Å². The average molecular weight is 492 g/mol. The van der Waals surface area contributed by atoms with E-state index in [9.17, 15) is 13.2 Å². The number of piperidine rings is 1. The van der Waals surface area contributed by atoms with Gasteiger partial charge >= 0.3 is 6.09 Å². The van der Waals surface area contributed by atoms with Gasteiger partial charge in [0, 0.05) is 19.0 Å². The normalized spacial score (nSPS) is 17.3. The molecule has 1 unspecified atom stereocenters. The Morgan fingerprint density at radius 1 is 1.06 bits per heavy atom. The molecule has 34 heavy (non-hydrogen) atoms. The van der Waals surface area contributed by atoms with Gasteiger partial charge in [-0.05, 0) is 64.7 Å². The Hall–Kier alpha value is -2.45. The predicted molar refractivity (Wildman–Crippen MR) is 129 cm³/mol. The summed E-state index contributed by atoms with van der Waals surface area (Å²) in [5, 5.41) is 0. The Morgan fingerprint density at radius 3 is 2.21 bits per heavy atom. The Labute approximate surface area is 202 Å². The minimum absolute atomic E-state index is 0.0746. The molecule has 0 radical (unpaired) electrons. The van der Waals surface area contributed by atoms with Gasteiger partial charge in [0.25, 0.3) is 10.1 Å². The Kier molecular flexibility index (Phi) is 8.03. The zero-order valence-electron chi connectivity index (χ0n) is 20.3. The molecule has 1 heterocycles. The van der Waals surface area contributed by atoms with Crippen molar-refractivity contribution in [1.29, 1.82) is 0 Å². The van der Waals surface area contributed by atoms with Gasteiger partial charge in [-0.2, -0.15) is 8.42 Å². The zero-order chi connectivity index (χ0) is 25.0. The number of aryl methyl sites for hydroxylation is 1. The van der Waals surface area contributed by atoms with Crippen LogP contribution in [0.5, 0.6) is 0 Å². The Balaban J connectivity index is 1.69. The molecule has 1 fully saturated rings. The third-order valence-corrected chi connectivity index (χ3v) is 7.22. The number of benzene rings is 2. The number of rotatable bonds is 7. The molecule has 6 nitrogen and oxygen atoms in total. The minimum atomic E-state index is -3.97. The van der Waals surface area contributed by atoms with Crippen LogP contribution >= 0.6 is 0 Å². The van der Waals surface area contributed by atoms with E-state index in [0.717, 1.165) is 11.1 Å². The first-order chi connectivity index (χ1) is 15.9. The van der Waals surface area contributed by atoms with Gasteiger partial charge in [0.15, 0.2) is 0 Å². The molecule has 2 aromatic rings. The van der Waals surface area contributed by atoms with E-state index in [2.05, 4.69) is 0 Å². The van der Waals surface area contributed by atoms with Gasteiger partial charge < -0.3 is 9.64 Å². The van der Waals surface area contributed by atoms with E-state index in [-0.39, 0.29) is 43.9 Å². The molecule has 1 amide bonds. The second-order valence-corrected chi connectivity index (χ2v) is 11.6. The smallest absolute Gasteiger partial charge is 0.410 e. The summed E-state index contributed by atoms with van der Waals surface area (Å²) < 4.78 is 52.1. The van der Waals surface area contributed by atoms with E-state index < -0.39 is 33.4 Å². The monoisotopic (exact) mass is 491 g/mol. The third kappa shape index (κ3) is 7.27. The lowest BCUT2D eigenvalue weighted by molar-refractivity contribution is -0.00121. The Bertz CT molecular complexity index is 1060. The SMILES string of the molecule is Cc1ccc(S(=O)(=O)OCC(CC2(F)CCN(C(=O)OC(C)(C)C)CC2)c2ccccc2)cc1. The molecule has 2 aromatic carbocycles. The lowest BCUT2D eigenvalue weighted by Gasteiger charge is -2.38. The number of hydrogen-bond acceptors (Lipinski definition) is 5. The van der Waals surface area contributed by atoms with Crippen LogP contribution in [0.25, 0.3) is 0 Å². The molecule has 1 saturated heterocycles. The quantitative estimate of drug-likeness (QED) is 0.471. The zero-order valence-corrected chi connectivity index (χ0v) is 21.1. The number of ether oxygens (including phenoxy) is 1. The standard InChI is InChI=1S/C26H34FNO5S/c1-20-10-12-23(13-11-20)34(30,31)32-19-22(21-8-6-5-7-9-21)18-26(27)14-16-28(17-15-26)24(29)33-25(2,3)4/h5-13,22H,14-19H2,1-4H3. The average Bonchev–Trinajstić information content (AvgIpc) is 2.77. The highest BCUT2D eigenvalue weighted by atomic mass is 32.2. The van der Waals surface area contributed by atoms with E-state index in [1.54, 1.807) is 32.9 Å². The van der Waals surface area contributed by atoms with Crippen LogP contribution in [0.15, 0.2) is 59.5 Å². The van der Waals surface area contributed by atoms with Crippen LogP contribution in [0, 0.1) is 6.92 Å². The van der Waals surface area contributed by atoms with Crippen molar-refractivity contribution in [3.8, 4) is 0 Å². The first-order valence-corrected chi connectivity index (χ1v) is 13.0. The number of halogens is 1. The van der Waals surface area contributed by atoms with Crippen molar-refractivity contribution in [3.63, 3.8) is 0 Å². The minimum Gasteiger partial charge on any atom is -0.444 e. The number of hydrogen-bond donors (Lipinski definition) is 0. The molecular formula is C26H34FNO5S. The van der Waals surface area contributed by atoms with Crippen LogP contribution in [-0.4, -0.2) is 50.4 Å². The molecule has 8 heteroatoms. The molecule has 0 bridgehead atoms. The van der Waals surface area contributed by atoms with Gasteiger partial charge in [-0.15, -0.1) is 0 Å². The predicted octanol–water partition coefficient (Wildman–Crippen LogP) is 5.61. The van der Waals surface area contributed by atoms with Crippen LogP contribution in [0.3, 0.4) is 0 Å². The number of alkyl halides is 1. The number of carbonyl (C=O) groups is 1. The van der Waals surface area contributed by atoms with Gasteiger partial charge in [0.1, 0.15) is 11.3 Å². The van der Waals surface area contributed by atoms with Gasteiger partial charge in [-0.25, -0.2) is 9.18 Å². The highest BCUT2D eigenvalue weighted by Gasteiger charge is 2.39. The van der Waals surface area contributed by atoms with Crippen molar-refractivity contribution >= 4 is 16.2 Å². The Morgan fingerprint density at radius 2 is 1.65 bits per heavy atom. The molecule has 1 aliphatic heterocycles. The van der Waals surface area contributed by atoms with Crippen LogP contribution < -0.4 is 0 Å². The molecular weight excluding hydrogens is 457 g/mol. The number of likely N-dealkylation sites (tertiary alicyclic amines) is 1. The van der Waals surface area contributed by atoms with Gasteiger partial charge in [0.2, 0.25) is 0 Å². The number of carbonyl (C=O) groups excluding carboxylic acids is 1. The first-order valence-electron chi connectivity index (χ1n) is 11.5. The summed E-state index contributed by atoms with van der Waals surface area (Å²) >= 11 is 0. The summed E-state index contributed by atoms with van der Waals surface area (Å²) in [5.41, 5.74) is -0.401. The summed E-state index contributed by atoms with van der Waals surface area (Å²) in [4.78, 5) is 13.9. The lowest BCUT2D eigenvalue weighted by Crippen LogP contribution is -2.47. The maximum Gasteiger partial charge on any atom is 0.410 e. The highest BCUT2D eigenvalue weighted by Crippen LogP contribution is 2.37. The van der Waals surface area contributed by atoms with Gasteiger partial charge in [0.05, 0.1) is 11.5 Å². The van der Waals surface area contributed by atoms with Crippen molar-refractivity contribution < 1.29 is 26.5 Å². The van der Waals surface area contributed by atoms with Crippen molar-refractivity contribution in [2.24, 2.45) is 0 Å². The summed E-state index contributed by atoms with van der Waals surface area (Å²) in [6, 6.07) is 15.7. The van der Waals surface area contributed by atoms with E-state index >= 15 is 4.39 Å². The van der Waals surface area contributed by atoms with Crippen molar-refractivity contribution in [1.82, 2.24) is 4.90 Å². The maximum atomic E-state index is 15.9. The van der Waals surface area contributed by atoms with Crippen LogP contribution in [0.1, 0.15) is 57.1 Å². The van der Waals surface area contributed by atoms with E-state index in [1.807, 2.05) is 37.3 Å². The molecule has 0 aliphatic carbocycles. The summed E-state index contributed by atoms with van der Waals surface area (Å²) in [6.07, 6.45) is -0.0370. The molecule has 1 atom stereocenters. The van der Waals surface area contributed by atoms with Crippen LogP contribution in [0.2, 0.25) is 0 Å². The fraction of sp³-hybridized carbons (Fsp3) is 0.500. The third-order valence-electron chi connectivity index (χ3n) is 5.93. The number of nitrogens with zero attached hydrogens (tertiary/aromatic N) is 1. The van der Waals surface area contributed by atoms with E-state index in [1.165, 1.54) is 17.0 Å². The van der Waals surface area contributed by atoms with Crippen molar-refractivity contribution in [3.05, 3.63) is 65.7 Å². The first kappa shape index (κ1) is 26.2. The largest absolute Gasteiger partial charge is 0.444 e. The van der Waals surface area contributed by atoms with Crippen molar-refractivity contribution in [2.45, 2.75) is 69.0 Å². The molecule has 0 N–H and O–H groups in total. The molecule has 0 aromatic heterocycles. The topological polar surface area (TPSA) is 72.9 Å². The fourth-order valence-corrected chi connectivity index (χ4v) is 4.95. The molecule has 0 saturated carbocycles. The van der Waals surface area contributed by atoms with E-state index in [0.29, 0.717) is 0 Å². The summed E-state index contributed by atoms with van der Waals surface area (Å²) in [7, 11) is -3.97. The molecule has 3 rings (SSSR count). The lowest BCUT2D eigenvalue weighted by atomic mass is 9.82.